The van der Waals surface area contributed by atoms with Gasteiger partial charge in [0.05, 0.1) is 22.9 Å². The normalized spacial score (nSPS) is 14.5. The van der Waals surface area contributed by atoms with Gasteiger partial charge in [0.2, 0.25) is 11.8 Å². The lowest BCUT2D eigenvalue weighted by molar-refractivity contribution is -0.114. The minimum atomic E-state index is -0.198. The molecule has 0 spiro atoms. The van der Waals surface area contributed by atoms with Gasteiger partial charge >= 0.3 is 0 Å². The first-order valence-corrected chi connectivity index (χ1v) is 12.4. The molecule has 1 aliphatic rings. The van der Waals surface area contributed by atoms with Gasteiger partial charge in [-0.05, 0) is 29.8 Å². The van der Waals surface area contributed by atoms with Gasteiger partial charge in [-0.3, -0.25) is 19.0 Å². The van der Waals surface area contributed by atoms with Crippen molar-refractivity contribution >= 4 is 46.7 Å². The highest BCUT2D eigenvalue weighted by molar-refractivity contribution is 8.00. The SMILES string of the molecule is CC(=O)Nc1ccc(NC(=O)CSc2nc3c(c(=O)n2Cc2ccccc2)SC(C)C3)cc1. The van der Waals surface area contributed by atoms with Gasteiger partial charge in [-0.25, -0.2) is 4.98 Å². The summed E-state index contributed by atoms with van der Waals surface area (Å²) < 4.78 is 1.67. The largest absolute Gasteiger partial charge is 0.326 e. The van der Waals surface area contributed by atoms with Crippen LogP contribution in [0.4, 0.5) is 11.4 Å². The second kappa shape index (κ2) is 10.3. The van der Waals surface area contributed by atoms with E-state index in [4.69, 9.17) is 4.98 Å². The topological polar surface area (TPSA) is 93.1 Å². The minimum Gasteiger partial charge on any atom is -0.326 e. The molecule has 0 aliphatic carbocycles. The highest BCUT2D eigenvalue weighted by Gasteiger charge is 2.26. The molecule has 4 rings (SSSR count). The Bertz CT molecular complexity index is 1230. The van der Waals surface area contributed by atoms with E-state index in [2.05, 4.69) is 17.6 Å². The summed E-state index contributed by atoms with van der Waals surface area (Å²) >= 11 is 2.83. The number of aromatic nitrogens is 2. The Morgan fingerprint density at radius 1 is 1.09 bits per heavy atom. The standard InChI is InChI=1S/C24H24N4O3S2/c1-15-12-20-22(33-15)23(31)28(13-17-6-4-3-5-7-17)24(27-20)32-14-21(30)26-19-10-8-18(9-11-19)25-16(2)29/h3-11,15H,12-14H2,1-2H3,(H,25,29)(H,26,30). The van der Waals surface area contributed by atoms with Crippen molar-refractivity contribution < 1.29 is 9.59 Å². The van der Waals surface area contributed by atoms with Crippen LogP contribution in [0.15, 0.2) is 69.4 Å². The molecular formula is C24H24N4O3S2. The summed E-state index contributed by atoms with van der Waals surface area (Å²) in [5, 5.41) is 6.40. The summed E-state index contributed by atoms with van der Waals surface area (Å²) in [6.07, 6.45) is 0.752. The summed E-state index contributed by atoms with van der Waals surface area (Å²) in [4.78, 5) is 42.4. The third kappa shape index (κ3) is 5.85. The maximum Gasteiger partial charge on any atom is 0.268 e. The molecule has 9 heteroatoms. The number of thioether (sulfide) groups is 2. The average molecular weight is 481 g/mol. The first-order valence-electron chi connectivity index (χ1n) is 10.5. The number of nitrogens with zero attached hydrogens (tertiary/aromatic N) is 2. The summed E-state index contributed by atoms with van der Waals surface area (Å²) in [6, 6.07) is 16.7. The maximum atomic E-state index is 13.2. The smallest absolute Gasteiger partial charge is 0.268 e. The van der Waals surface area contributed by atoms with Crippen LogP contribution in [0.1, 0.15) is 25.1 Å². The molecule has 7 nitrogen and oxygen atoms in total. The van der Waals surface area contributed by atoms with Crippen molar-refractivity contribution in [1.82, 2.24) is 9.55 Å². The van der Waals surface area contributed by atoms with E-state index in [0.717, 1.165) is 17.7 Å². The predicted molar refractivity (Wildman–Crippen MR) is 133 cm³/mol. The molecule has 0 radical (unpaired) electrons. The molecule has 2 aromatic carbocycles. The molecule has 0 bridgehead atoms. The van der Waals surface area contributed by atoms with Gasteiger partial charge in [-0.2, -0.15) is 0 Å². The third-order valence-electron chi connectivity index (χ3n) is 4.97. The number of anilines is 2. The van der Waals surface area contributed by atoms with Gasteiger partial charge in [0.15, 0.2) is 5.16 Å². The molecule has 170 valence electrons. The summed E-state index contributed by atoms with van der Waals surface area (Å²) in [7, 11) is 0. The van der Waals surface area contributed by atoms with Crippen LogP contribution in [0.3, 0.4) is 0 Å². The zero-order valence-electron chi connectivity index (χ0n) is 18.3. The minimum absolute atomic E-state index is 0.0466. The molecule has 1 aliphatic heterocycles. The van der Waals surface area contributed by atoms with Crippen LogP contribution in [0.5, 0.6) is 0 Å². The fourth-order valence-electron chi connectivity index (χ4n) is 3.51. The van der Waals surface area contributed by atoms with E-state index >= 15 is 0 Å². The van der Waals surface area contributed by atoms with Crippen molar-refractivity contribution in [2.45, 2.75) is 42.1 Å². The molecule has 1 atom stereocenters. The van der Waals surface area contributed by atoms with E-state index in [1.54, 1.807) is 40.6 Å². The Morgan fingerprint density at radius 3 is 2.42 bits per heavy atom. The second-order valence-corrected chi connectivity index (χ2v) is 10.2. The van der Waals surface area contributed by atoms with E-state index in [1.165, 1.54) is 18.7 Å². The number of amides is 2. The molecule has 2 N–H and O–H groups in total. The summed E-state index contributed by atoms with van der Waals surface area (Å²) in [6.45, 7) is 3.94. The zero-order chi connectivity index (χ0) is 23.4. The number of fused-ring (bicyclic) bond motifs is 1. The van der Waals surface area contributed by atoms with E-state index in [9.17, 15) is 14.4 Å². The van der Waals surface area contributed by atoms with Crippen molar-refractivity contribution in [2.24, 2.45) is 0 Å². The molecule has 1 unspecified atom stereocenters. The Balaban J connectivity index is 1.49. The molecule has 2 amide bonds. The Hall–Kier alpha value is -3.04. The van der Waals surface area contributed by atoms with Crippen LogP contribution in [-0.4, -0.2) is 32.4 Å². The number of rotatable bonds is 7. The number of nitrogens with one attached hydrogen (secondary N) is 2. The van der Waals surface area contributed by atoms with Crippen LogP contribution in [0.2, 0.25) is 0 Å². The van der Waals surface area contributed by atoms with Gasteiger partial charge in [0.1, 0.15) is 0 Å². The molecule has 0 saturated carbocycles. The number of benzene rings is 2. The lowest BCUT2D eigenvalue weighted by Gasteiger charge is -2.14. The van der Waals surface area contributed by atoms with Gasteiger partial charge in [0.25, 0.3) is 5.56 Å². The first-order chi connectivity index (χ1) is 15.9. The van der Waals surface area contributed by atoms with Crippen molar-refractivity contribution in [3.63, 3.8) is 0 Å². The van der Waals surface area contributed by atoms with Crippen LogP contribution in [0.25, 0.3) is 0 Å². The predicted octanol–water partition coefficient (Wildman–Crippen LogP) is 4.02. The lowest BCUT2D eigenvalue weighted by Crippen LogP contribution is -2.26. The van der Waals surface area contributed by atoms with Crippen LogP contribution in [0, 0.1) is 0 Å². The lowest BCUT2D eigenvalue weighted by atomic mass is 10.2. The number of hydrogen-bond acceptors (Lipinski definition) is 6. The van der Waals surface area contributed by atoms with Crippen molar-refractivity contribution in [1.29, 1.82) is 0 Å². The van der Waals surface area contributed by atoms with E-state index in [-0.39, 0.29) is 23.1 Å². The second-order valence-electron chi connectivity index (χ2n) is 7.78. The molecular weight excluding hydrogens is 456 g/mol. The number of carbonyl (C=O) groups excluding carboxylic acids is 2. The van der Waals surface area contributed by atoms with E-state index in [0.29, 0.717) is 33.2 Å². The van der Waals surface area contributed by atoms with Gasteiger partial charge < -0.3 is 10.6 Å². The van der Waals surface area contributed by atoms with E-state index in [1.807, 2.05) is 30.3 Å². The highest BCUT2D eigenvalue weighted by atomic mass is 32.2. The molecule has 3 aromatic rings. The quantitative estimate of drug-likeness (QED) is 0.392. The molecule has 2 heterocycles. The zero-order valence-corrected chi connectivity index (χ0v) is 20.0. The van der Waals surface area contributed by atoms with Crippen LogP contribution < -0.4 is 16.2 Å². The van der Waals surface area contributed by atoms with Crippen molar-refractivity contribution in [2.75, 3.05) is 16.4 Å². The third-order valence-corrected chi connectivity index (χ3v) is 7.16. The van der Waals surface area contributed by atoms with Crippen molar-refractivity contribution in [3.05, 3.63) is 76.2 Å². The molecule has 0 fully saturated rings. The average Bonchev–Trinajstić information content (AvgIpc) is 3.17. The molecule has 33 heavy (non-hydrogen) atoms. The Kier molecular flexibility index (Phi) is 7.20. The number of carbonyl (C=O) groups is 2. The van der Waals surface area contributed by atoms with Gasteiger partial charge in [-0.15, -0.1) is 11.8 Å². The van der Waals surface area contributed by atoms with Gasteiger partial charge in [0, 0.05) is 30.0 Å². The van der Waals surface area contributed by atoms with Gasteiger partial charge in [-0.1, -0.05) is 49.0 Å². The fraction of sp³-hybridized carbons (Fsp3) is 0.250. The summed E-state index contributed by atoms with van der Waals surface area (Å²) in [5.41, 5.74) is 3.06. The number of hydrogen-bond donors (Lipinski definition) is 2. The monoisotopic (exact) mass is 480 g/mol. The first kappa shape index (κ1) is 23.1. The Labute approximate surface area is 200 Å². The fourth-order valence-corrected chi connectivity index (χ4v) is 5.44. The maximum absolute atomic E-state index is 13.2. The molecule has 0 saturated heterocycles. The highest BCUT2D eigenvalue weighted by Crippen LogP contribution is 2.34. The summed E-state index contributed by atoms with van der Waals surface area (Å²) in [5.74, 6) is -0.230. The van der Waals surface area contributed by atoms with E-state index < -0.39 is 0 Å². The van der Waals surface area contributed by atoms with Crippen LogP contribution >= 0.6 is 23.5 Å². The Morgan fingerprint density at radius 2 is 1.76 bits per heavy atom. The molecule has 1 aromatic heterocycles. The van der Waals surface area contributed by atoms with Crippen molar-refractivity contribution in [3.8, 4) is 0 Å². The van der Waals surface area contributed by atoms with Crippen LogP contribution in [-0.2, 0) is 22.6 Å².